The van der Waals surface area contributed by atoms with E-state index in [0.717, 1.165) is 18.6 Å². The fraction of sp³-hybridized carbons (Fsp3) is 0.350. The Morgan fingerprint density at radius 1 is 0.963 bits per heavy atom. The Morgan fingerprint density at radius 2 is 1.59 bits per heavy atom. The normalized spacial score (nSPS) is 10.2. The molecule has 6 nitrogen and oxygen atoms in total. The van der Waals surface area contributed by atoms with E-state index in [2.05, 4.69) is 5.32 Å². The summed E-state index contributed by atoms with van der Waals surface area (Å²) in [5.74, 6) is 1.92. The average molecular weight is 394 g/mol. The third-order valence-electron chi connectivity index (χ3n) is 3.87. The van der Waals surface area contributed by atoms with Crippen LogP contribution in [0.3, 0.4) is 0 Å². The third-order valence-corrected chi connectivity index (χ3v) is 4.12. The fourth-order valence-corrected chi connectivity index (χ4v) is 2.59. The molecule has 0 fully saturated rings. The summed E-state index contributed by atoms with van der Waals surface area (Å²) in [5.41, 5.74) is 0.446. The van der Waals surface area contributed by atoms with E-state index < -0.39 is 0 Å². The SMILES string of the molecule is COc1cc(C(=O)NCCCCOc2ccc(Cl)cc2)cc(OC)c1OC. The monoisotopic (exact) mass is 393 g/mol. The predicted molar refractivity (Wildman–Crippen MR) is 105 cm³/mol. The zero-order valence-electron chi connectivity index (χ0n) is 15.7. The lowest BCUT2D eigenvalue weighted by Crippen LogP contribution is -2.24. The minimum Gasteiger partial charge on any atom is -0.494 e. The summed E-state index contributed by atoms with van der Waals surface area (Å²) in [6.45, 7) is 1.11. The van der Waals surface area contributed by atoms with Gasteiger partial charge < -0.3 is 24.3 Å². The van der Waals surface area contributed by atoms with Crippen LogP contribution in [0.5, 0.6) is 23.0 Å². The van der Waals surface area contributed by atoms with Crippen molar-refractivity contribution < 1.29 is 23.7 Å². The summed E-state index contributed by atoms with van der Waals surface area (Å²) in [7, 11) is 4.55. The fourth-order valence-electron chi connectivity index (χ4n) is 2.46. The molecule has 0 atom stereocenters. The molecule has 1 amide bonds. The van der Waals surface area contributed by atoms with Crippen LogP contribution in [0.15, 0.2) is 36.4 Å². The van der Waals surface area contributed by atoms with Gasteiger partial charge in [0.05, 0.1) is 27.9 Å². The quantitative estimate of drug-likeness (QED) is 0.619. The van der Waals surface area contributed by atoms with Gasteiger partial charge in [0.1, 0.15) is 5.75 Å². The lowest BCUT2D eigenvalue weighted by atomic mass is 10.1. The van der Waals surface area contributed by atoms with Crippen LogP contribution in [0, 0.1) is 0 Å². The number of carbonyl (C=O) groups excluding carboxylic acids is 1. The van der Waals surface area contributed by atoms with Gasteiger partial charge >= 0.3 is 0 Å². The van der Waals surface area contributed by atoms with Gasteiger partial charge in [-0.1, -0.05) is 11.6 Å². The maximum Gasteiger partial charge on any atom is 0.251 e. The van der Waals surface area contributed by atoms with Gasteiger partial charge in [-0.2, -0.15) is 0 Å². The molecular formula is C20H24ClNO5. The van der Waals surface area contributed by atoms with Crippen LogP contribution in [0.2, 0.25) is 5.02 Å². The Morgan fingerprint density at radius 3 is 2.15 bits per heavy atom. The highest BCUT2D eigenvalue weighted by Crippen LogP contribution is 2.38. The van der Waals surface area contributed by atoms with Gasteiger partial charge in [0, 0.05) is 17.1 Å². The molecule has 2 rings (SSSR count). The van der Waals surface area contributed by atoms with Crippen molar-refractivity contribution in [3.8, 4) is 23.0 Å². The smallest absolute Gasteiger partial charge is 0.251 e. The topological polar surface area (TPSA) is 66.0 Å². The lowest BCUT2D eigenvalue weighted by Gasteiger charge is -2.14. The summed E-state index contributed by atoms with van der Waals surface area (Å²) in [4.78, 5) is 12.4. The van der Waals surface area contributed by atoms with Crippen LogP contribution < -0.4 is 24.3 Å². The molecule has 27 heavy (non-hydrogen) atoms. The molecule has 0 saturated carbocycles. The highest BCUT2D eigenvalue weighted by atomic mass is 35.5. The number of unbranched alkanes of at least 4 members (excludes halogenated alkanes) is 1. The standard InChI is InChI=1S/C20H24ClNO5/c1-24-17-12-14(13-18(25-2)19(17)26-3)20(23)22-10-4-5-11-27-16-8-6-15(21)7-9-16/h6-9,12-13H,4-5,10-11H2,1-3H3,(H,22,23). The van der Waals surface area contributed by atoms with Gasteiger partial charge in [-0.3, -0.25) is 4.79 Å². The van der Waals surface area contributed by atoms with Crippen LogP contribution in [0.25, 0.3) is 0 Å². The van der Waals surface area contributed by atoms with Crippen molar-refractivity contribution in [1.29, 1.82) is 0 Å². The van der Waals surface area contributed by atoms with Crippen LogP contribution in [0.1, 0.15) is 23.2 Å². The number of hydrogen-bond donors (Lipinski definition) is 1. The van der Waals surface area contributed by atoms with E-state index in [-0.39, 0.29) is 5.91 Å². The highest BCUT2D eigenvalue weighted by molar-refractivity contribution is 6.30. The van der Waals surface area contributed by atoms with Crippen LogP contribution in [0.4, 0.5) is 0 Å². The van der Waals surface area contributed by atoms with Crippen LogP contribution in [-0.2, 0) is 0 Å². The predicted octanol–water partition coefficient (Wildman–Crippen LogP) is 3.95. The van der Waals surface area contributed by atoms with Crippen molar-refractivity contribution >= 4 is 17.5 Å². The van der Waals surface area contributed by atoms with Crippen molar-refractivity contribution in [2.75, 3.05) is 34.5 Å². The molecule has 146 valence electrons. The first-order valence-corrected chi connectivity index (χ1v) is 8.93. The molecule has 0 spiro atoms. The maximum atomic E-state index is 12.4. The van der Waals surface area contributed by atoms with Crippen molar-refractivity contribution in [3.63, 3.8) is 0 Å². The number of methoxy groups -OCH3 is 3. The molecule has 0 aromatic heterocycles. The van der Waals surface area contributed by atoms with E-state index in [4.69, 9.17) is 30.5 Å². The molecule has 2 aromatic carbocycles. The Kier molecular flexibility index (Phi) is 8.07. The zero-order valence-corrected chi connectivity index (χ0v) is 16.5. The second kappa shape index (κ2) is 10.5. The Balaban J connectivity index is 1.79. The van der Waals surface area contributed by atoms with Gasteiger partial charge in [0.25, 0.3) is 5.91 Å². The summed E-state index contributed by atoms with van der Waals surface area (Å²) in [6, 6.07) is 10.5. The molecule has 0 aliphatic rings. The number of benzene rings is 2. The number of carbonyl (C=O) groups is 1. The molecular weight excluding hydrogens is 370 g/mol. The van der Waals surface area contributed by atoms with E-state index in [1.54, 1.807) is 24.3 Å². The average Bonchev–Trinajstić information content (AvgIpc) is 2.70. The number of hydrogen-bond acceptors (Lipinski definition) is 5. The highest BCUT2D eigenvalue weighted by Gasteiger charge is 2.16. The van der Waals surface area contributed by atoms with E-state index in [9.17, 15) is 4.79 Å². The van der Waals surface area contributed by atoms with Gasteiger partial charge in [0.15, 0.2) is 11.5 Å². The van der Waals surface area contributed by atoms with Crippen molar-refractivity contribution in [2.45, 2.75) is 12.8 Å². The van der Waals surface area contributed by atoms with E-state index in [1.807, 2.05) is 12.1 Å². The molecule has 0 aliphatic carbocycles. The molecule has 0 radical (unpaired) electrons. The van der Waals surface area contributed by atoms with Crippen molar-refractivity contribution in [3.05, 3.63) is 47.0 Å². The van der Waals surface area contributed by atoms with Crippen molar-refractivity contribution in [1.82, 2.24) is 5.32 Å². The van der Waals surface area contributed by atoms with Gasteiger partial charge in [-0.15, -0.1) is 0 Å². The number of halogens is 1. The third kappa shape index (κ3) is 5.96. The Bertz CT molecular complexity index is 724. The molecule has 1 N–H and O–H groups in total. The maximum absolute atomic E-state index is 12.4. The van der Waals surface area contributed by atoms with Crippen LogP contribution >= 0.6 is 11.6 Å². The first-order valence-electron chi connectivity index (χ1n) is 8.55. The molecule has 0 unspecified atom stereocenters. The summed E-state index contributed by atoms with van der Waals surface area (Å²) < 4.78 is 21.4. The number of rotatable bonds is 10. The Labute approximate surface area is 164 Å². The van der Waals surface area contributed by atoms with E-state index >= 15 is 0 Å². The van der Waals surface area contributed by atoms with Gasteiger partial charge in [0.2, 0.25) is 5.75 Å². The molecule has 0 aliphatic heterocycles. The van der Waals surface area contributed by atoms with E-state index in [1.165, 1.54) is 21.3 Å². The molecule has 0 heterocycles. The van der Waals surface area contributed by atoms with Gasteiger partial charge in [-0.05, 0) is 49.2 Å². The minimum atomic E-state index is -0.201. The zero-order chi connectivity index (χ0) is 19.6. The second-order valence-corrected chi connectivity index (χ2v) is 6.12. The first-order chi connectivity index (χ1) is 13.1. The minimum absolute atomic E-state index is 0.201. The first kappa shape index (κ1) is 20.7. The lowest BCUT2D eigenvalue weighted by molar-refractivity contribution is 0.0951. The summed E-state index contributed by atoms with van der Waals surface area (Å²) in [5, 5.41) is 3.56. The molecule has 7 heteroatoms. The van der Waals surface area contributed by atoms with Crippen molar-refractivity contribution in [2.24, 2.45) is 0 Å². The second-order valence-electron chi connectivity index (χ2n) is 5.68. The largest absolute Gasteiger partial charge is 0.494 e. The number of amides is 1. The van der Waals surface area contributed by atoms with E-state index in [0.29, 0.717) is 41.0 Å². The molecule has 0 saturated heterocycles. The summed E-state index contributed by atoms with van der Waals surface area (Å²) in [6.07, 6.45) is 1.61. The van der Waals surface area contributed by atoms with Crippen LogP contribution in [-0.4, -0.2) is 40.4 Å². The number of ether oxygens (including phenoxy) is 4. The molecule has 0 bridgehead atoms. The molecule has 2 aromatic rings. The number of nitrogens with one attached hydrogen (secondary N) is 1. The summed E-state index contributed by atoms with van der Waals surface area (Å²) >= 11 is 5.83. The Hall–Kier alpha value is -2.60. The van der Waals surface area contributed by atoms with Gasteiger partial charge in [-0.25, -0.2) is 0 Å².